The van der Waals surface area contributed by atoms with Crippen molar-refractivity contribution in [3.63, 3.8) is 0 Å². The van der Waals surface area contributed by atoms with E-state index >= 15 is 0 Å². The molecule has 0 atom stereocenters. The van der Waals surface area contributed by atoms with Crippen LogP contribution in [0, 0.1) is 11.3 Å². The molecule has 1 aromatic heterocycles. The molecule has 35 heavy (non-hydrogen) atoms. The van der Waals surface area contributed by atoms with E-state index in [4.69, 9.17) is 9.52 Å². The fourth-order valence-electron chi connectivity index (χ4n) is 5.04. The van der Waals surface area contributed by atoms with Crippen LogP contribution >= 0.6 is 15.9 Å². The van der Waals surface area contributed by atoms with Crippen molar-refractivity contribution in [2.45, 2.75) is 45.1 Å². The lowest BCUT2D eigenvalue weighted by atomic mass is 9.85. The number of rotatable bonds is 8. The van der Waals surface area contributed by atoms with Crippen molar-refractivity contribution >= 4 is 44.7 Å². The molecule has 0 aliphatic heterocycles. The van der Waals surface area contributed by atoms with E-state index in [0.29, 0.717) is 30.7 Å². The molecule has 7 nitrogen and oxygen atoms in total. The zero-order valence-corrected chi connectivity index (χ0v) is 20.7. The second-order valence-electron chi connectivity index (χ2n) is 9.72. The summed E-state index contributed by atoms with van der Waals surface area (Å²) >= 11 is 3.63. The van der Waals surface area contributed by atoms with Gasteiger partial charge in [-0.05, 0) is 71.4 Å². The summed E-state index contributed by atoms with van der Waals surface area (Å²) in [6.45, 7) is 0.587. The fraction of sp³-hybridized carbons (Fsp3) is 0.370. The van der Waals surface area contributed by atoms with Crippen molar-refractivity contribution < 1.29 is 29.0 Å². The first-order valence-electron chi connectivity index (χ1n) is 11.8. The zero-order chi connectivity index (χ0) is 24.7. The molecular weight excluding hydrogens is 514 g/mol. The first-order valence-corrected chi connectivity index (χ1v) is 12.6. The second-order valence-corrected chi connectivity index (χ2v) is 10.5. The van der Waals surface area contributed by atoms with Gasteiger partial charge in [0.2, 0.25) is 5.91 Å². The monoisotopic (exact) mass is 539 g/mol. The van der Waals surface area contributed by atoms with Crippen molar-refractivity contribution in [1.82, 2.24) is 4.90 Å². The molecule has 2 N–H and O–H groups in total. The lowest BCUT2D eigenvalue weighted by Crippen LogP contribution is -2.44. The Morgan fingerprint density at radius 1 is 1.03 bits per heavy atom. The Bertz CT molecular complexity index is 1300. The van der Waals surface area contributed by atoms with Crippen LogP contribution in [0.15, 0.2) is 51.4 Å². The highest BCUT2D eigenvalue weighted by molar-refractivity contribution is 9.10. The van der Waals surface area contributed by atoms with Crippen LogP contribution in [-0.2, 0) is 16.1 Å². The third kappa shape index (κ3) is 4.59. The van der Waals surface area contributed by atoms with Gasteiger partial charge in [-0.2, -0.15) is 0 Å². The van der Waals surface area contributed by atoms with E-state index in [1.807, 2.05) is 18.2 Å². The topological polar surface area (TPSA) is 108 Å². The average molecular weight is 540 g/mol. The largest absolute Gasteiger partial charge is 0.481 e. The number of benzene rings is 2. The molecule has 0 radical (unpaired) electrons. The van der Waals surface area contributed by atoms with Gasteiger partial charge >= 0.3 is 11.9 Å². The lowest BCUT2D eigenvalue weighted by molar-refractivity contribution is -0.152. The first-order chi connectivity index (χ1) is 16.8. The van der Waals surface area contributed by atoms with E-state index in [9.17, 15) is 19.5 Å². The van der Waals surface area contributed by atoms with Gasteiger partial charge in [0.1, 0.15) is 11.3 Å². The van der Waals surface area contributed by atoms with E-state index in [1.54, 1.807) is 17.0 Å². The molecule has 2 fully saturated rings. The van der Waals surface area contributed by atoms with E-state index in [0.717, 1.165) is 46.7 Å². The van der Waals surface area contributed by atoms with Crippen molar-refractivity contribution in [3.05, 3.63) is 58.1 Å². The standard InChI is InChI=1S/C27H26BrNO6/c28-22-20-13-16(3-10-21(20)35-23(22)17-4-8-19(9-5-17)25(31)32)14-29(24(30)18-6-7-18)15-27(26(33)34)11-1-2-12-27/h3-5,8-10,13,18H,1-2,6-7,11-12,14-15H2,(H,31,32)(H,33,34). The minimum absolute atomic E-state index is 0.00650. The Kier molecular flexibility index (Phi) is 6.17. The van der Waals surface area contributed by atoms with Crippen LogP contribution in [0.5, 0.6) is 0 Å². The van der Waals surface area contributed by atoms with Crippen LogP contribution in [0.4, 0.5) is 0 Å². The number of carbonyl (C=O) groups excluding carboxylic acids is 1. The molecular formula is C27H26BrNO6. The Labute approximate surface area is 210 Å². The Morgan fingerprint density at radius 3 is 2.31 bits per heavy atom. The summed E-state index contributed by atoms with van der Waals surface area (Å²) in [6, 6.07) is 12.2. The summed E-state index contributed by atoms with van der Waals surface area (Å²) in [6.07, 6.45) is 4.70. The number of furan rings is 1. The smallest absolute Gasteiger partial charge is 0.335 e. The molecule has 5 rings (SSSR count). The average Bonchev–Trinajstić information content (AvgIpc) is 3.50. The van der Waals surface area contributed by atoms with Gasteiger partial charge < -0.3 is 19.5 Å². The molecule has 2 aromatic carbocycles. The quantitative estimate of drug-likeness (QED) is 0.366. The number of hydrogen-bond acceptors (Lipinski definition) is 4. The fourth-order valence-corrected chi connectivity index (χ4v) is 5.66. The maximum atomic E-state index is 13.1. The van der Waals surface area contributed by atoms with Crippen LogP contribution in [0.25, 0.3) is 22.3 Å². The van der Waals surface area contributed by atoms with Crippen LogP contribution in [0.2, 0.25) is 0 Å². The molecule has 1 heterocycles. The normalized spacial score (nSPS) is 16.9. The molecule has 3 aromatic rings. The van der Waals surface area contributed by atoms with E-state index < -0.39 is 17.4 Å². The van der Waals surface area contributed by atoms with Crippen molar-refractivity contribution in [1.29, 1.82) is 0 Å². The predicted molar refractivity (Wildman–Crippen MR) is 133 cm³/mol. The summed E-state index contributed by atoms with van der Waals surface area (Å²) in [5.41, 5.74) is 1.65. The third-order valence-corrected chi connectivity index (χ3v) is 7.99. The maximum Gasteiger partial charge on any atom is 0.335 e. The van der Waals surface area contributed by atoms with Crippen LogP contribution < -0.4 is 0 Å². The molecule has 2 saturated carbocycles. The number of nitrogens with zero attached hydrogens (tertiary/aromatic N) is 1. The van der Waals surface area contributed by atoms with Crippen molar-refractivity contribution in [2.24, 2.45) is 11.3 Å². The summed E-state index contributed by atoms with van der Waals surface area (Å²) in [5, 5.41) is 19.9. The molecule has 1 amide bonds. The molecule has 2 aliphatic rings. The second kappa shape index (κ2) is 9.15. The number of halogens is 1. The number of carboxylic acids is 2. The third-order valence-electron chi connectivity index (χ3n) is 7.21. The van der Waals surface area contributed by atoms with Gasteiger partial charge in [0, 0.05) is 30.0 Å². The summed E-state index contributed by atoms with van der Waals surface area (Å²) in [7, 11) is 0. The first kappa shape index (κ1) is 23.6. The Morgan fingerprint density at radius 2 is 1.71 bits per heavy atom. The van der Waals surface area contributed by atoms with Gasteiger partial charge in [-0.1, -0.05) is 31.0 Å². The highest BCUT2D eigenvalue weighted by Crippen LogP contribution is 2.42. The molecule has 2 aliphatic carbocycles. The van der Waals surface area contributed by atoms with Gasteiger partial charge in [0.25, 0.3) is 0 Å². The van der Waals surface area contributed by atoms with Gasteiger partial charge in [-0.15, -0.1) is 0 Å². The molecule has 0 bridgehead atoms. The maximum absolute atomic E-state index is 13.1. The predicted octanol–water partition coefficient (Wildman–Crippen LogP) is 5.94. The number of carboxylic acid groups (broad SMARTS) is 2. The van der Waals surface area contributed by atoms with Gasteiger partial charge in [-0.25, -0.2) is 4.79 Å². The van der Waals surface area contributed by atoms with Gasteiger partial charge in [0.15, 0.2) is 0 Å². The van der Waals surface area contributed by atoms with E-state index in [-0.39, 0.29) is 23.9 Å². The molecule has 0 unspecified atom stereocenters. The molecule has 0 spiro atoms. The SMILES string of the molecule is O=C(O)c1ccc(-c2oc3ccc(CN(CC4(C(=O)O)CCCC4)C(=O)C4CC4)cc3c2Br)cc1. The molecule has 8 heteroatoms. The van der Waals surface area contributed by atoms with Crippen LogP contribution in [0.1, 0.15) is 54.4 Å². The number of fused-ring (bicyclic) bond motifs is 1. The lowest BCUT2D eigenvalue weighted by Gasteiger charge is -2.32. The number of aliphatic carboxylic acids is 1. The molecule has 182 valence electrons. The van der Waals surface area contributed by atoms with Crippen molar-refractivity contribution in [2.75, 3.05) is 6.54 Å². The number of aromatic carboxylic acids is 1. The van der Waals surface area contributed by atoms with Crippen LogP contribution in [-0.4, -0.2) is 39.5 Å². The van der Waals surface area contributed by atoms with Crippen molar-refractivity contribution in [3.8, 4) is 11.3 Å². The highest BCUT2D eigenvalue weighted by Gasteiger charge is 2.45. The summed E-state index contributed by atoms with van der Waals surface area (Å²) in [4.78, 5) is 38.2. The minimum Gasteiger partial charge on any atom is -0.481 e. The zero-order valence-electron chi connectivity index (χ0n) is 19.1. The van der Waals surface area contributed by atoms with Gasteiger partial charge in [0.05, 0.1) is 15.5 Å². The minimum atomic E-state index is -0.988. The van der Waals surface area contributed by atoms with E-state index in [2.05, 4.69) is 15.9 Å². The Balaban J connectivity index is 1.44. The number of carbonyl (C=O) groups is 3. The Hall–Kier alpha value is -3.13. The van der Waals surface area contributed by atoms with Crippen LogP contribution in [0.3, 0.4) is 0 Å². The van der Waals surface area contributed by atoms with Gasteiger partial charge in [-0.3, -0.25) is 9.59 Å². The summed E-state index contributed by atoms with van der Waals surface area (Å²) < 4.78 is 6.79. The summed E-state index contributed by atoms with van der Waals surface area (Å²) in [5.74, 6) is -1.15. The molecule has 0 saturated heterocycles. The number of amides is 1. The number of hydrogen-bond donors (Lipinski definition) is 2. The van der Waals surface area contributed by atoms with E-state index in [1.165, 1.54) is 12.1 Å². The highest BCUT2D eigenvalue weighted by atomic mass is 79.9.